The molecule has 0 saturated carbocycles. The summed E-state index contributed by atoms with van der Waals surface area (Å²) in [6.45, 7) is 2.73. The monoisotopic (exact) mass is 339 g/mol. The number of ether oxygens (including phenoxy) is 1. The van der Waals surface area contributed by atoms with Crippen LogP contribution in [-0.4, -0.2) is 61.8 Å². The van der Waals surface area contributed by atoms with Crippen molar-refractivity contribution in [2.75, 3.05) is 19.4 Å². The predicted molar refractivity (Wildman–Crippen MR) is 84.5 cm³/mol. The smallest absolute Gasteiger partial charge is 0.272 e. The molecular formula is C15H21N3O4S. The van der Waals surface area contributed by atoms with Gasteiger partial charge in [-0.25, -0.2) is 18.1 Å². The zero-order valence-electron chi connectivity index (χ0n) is 13.2. The first kappa shape index (κ1) is 16.4. The van der Waals surface area contributed by atoms with E-state index >= 15 is 0 Å². The lowest BCUT2D eigenvalue weighted by Gasteiger charge is -2.32. The topological polar surface area (TPSA) is 88.6 Å². The molecule has 23 heavy (non-hydrogen) atoms. The number of nitrogens with zero attached hydrogens (tertiary/aromatic N) is 2. The van der Waals surface area contributed by atoms with Gasteiger partial charge < -0.3 is 9.64 Å². The molecule has 1 aromatic rings. The van der Waals surface area contributed by atoms with Crippen molar-refractivity contribution in [3.05, 3.63) is 29.6 Å². The number of aromatic nitrogens is 1. The summed E-state index contributed by atoms with van der Waals surface area (Å²) in [6, 6.07) is 4.79. The molecule has 1 aromatic heterocycles. The standard InChI is InChI=1S/C15H21N3O4S/c1-10-5-3-6-11(16-10)15(19)18-9-12(17-23(2,20)21)14-13(18)7-4-8-22-14/h3,5-6,12-14,17H,4,7-9H2,1-2H3/t12-,13-,14-/m0/s1. The van der Waals surface area contributed by atoms with Crippen LogP contribution in [0.25, 0.3) is 0 Å². The van der Waals surface area contributed by atoms with Crippen LogP contribution in [-0.2, 0) is 14.8 Å². The number of likely N-dealkylation sites (tertiary alicyclic amines) is 1. The first-order chi connectivity index (χ1) is 10.8. The number of rotatable bonds is 3. The number of carbonyl (C=O) groups excluding carboxylic acids is 1. The Balaban J connectivity index is 1.85. The molecule has 0 spiro atoms. The van der Waals surface area contributed by atoms with Gasteiger partial charge in [0.25, 0.3) is 5.91 Å². The molecule has 2 aliphatic heterocycles. The van der Waals surface area contributed by atoms with E-state index in [1.807, 2.05) is 13.0 Å². The summed E-state index contributed by atoms with van der Waals surface area (Å²) in [5.41, 5.74) is 1.16. The molecule has 3 heterocycles. The van der Waals surface area contributed by atoms with Crippen molar-refractivity contribution < 1.29 is 17.9 Å². The van der Waals surface area contributed by atoms with Crippen LogP contribution in [0.15, 0.2) is 18.2 Å². The van der Waals surface area contributed by atoms with Crippen LogP contribution in [0.3, 0.4) is 0 Å². The molecule has 1 amide bonds. The van der Waals surface area contributed by atoms with Crippen molar-refractivity contribution in [1.82, 2.24) is 14.6 Å². The van der Waals surface area contributed by atoms with Gasteiger partial charge in [0, 0.05) is 18.8 Å². The SMILES string of the molecule is Cc1cccc(C(=O)N2C[C@H](NS(C)(=O)=O)[C@@H]3OCCC[C@@H]32)n1. The van der Waals surface area contributed by atoms with Crippen molar-refractivity contribution in [3.8, 4) is 0 Å². The number of hydrogen-bond donors (Lipinski definition) is 1. The van der Waals surface area contributed by atoms with E-state index < -0.39 is 16.1 Å². The predicted octanol–water partition coefficient (Wildman–Crippen LogP) is 0.311. The second-order valence-corrected chi connectivity index (χ2v) is 7.94. The molecule has 0 aliphatic carbocycles. The molecule has 126 valence electrons. The first-order valence-electron chi connectivity index (χ1n) is 7.69. The summed E-state index contributed by atoms with van der Waals surface area (Å²) >= 11 is 0. The van der Waals surface area contributed by atoms with Gasteiger partial charge in [-0.1, -0.05) is 6.07 Å². The fourth-order valence-corrected chi connectivity index (χ4v) is 4.14. The first-order valence-corrected chi connectivity index (χ1v) is 9.58. The van der Waals surface area contributed by atoms with E-state index in [1.165, 1.54) is 0 Å². The largest absolute Gasteiger partial charge is 0.374 e. The summed E-state index contributed by atoms with van der Waals surface area (Å²) < 4.78 is 31.5. The Morgan fingerprint density at radius 3 is 2.91 bits per heavy atom. The van der Waals surface area contributed by atoms with E-state index in [9.17, 15) is 13.2 Å². The molecule has 0 aromatic carbocycles. The molecule has 0 unspecified atom stereocenters. The third kappa shape index (κ3) is 3.54. The second-order valence-electron chi connectivity index (χ2n) is 6.16. The lowest BCUT2D eigenvalue weighted by atomic mass is 10.0. The number of nitrogens with one attached hydrogen (secondary N) is 1. The molecular weight excluding hydrogens is 318 g/mol. The van der Waals surface area contributed by atoms with Gasteiger partial charge in [0.2, 0.25) is 10.0 Å². The van der Waals surface area contributed by atoms with Crippen LogP contribution in [0, 0.1) is 6.92 Å². The molecule has 0 bridgehead atoms. The van der Waals surface area contributed by atoms with E-state index in [0.29, 0.717) is 18.8 Å². The van der Waals surface area contributed by atoms with Gasteiger partial charge in [0.05, 0.1) is 24.4 Å². The lowest BCUT2D eigenvalue weighted by molar-refractivity contribution is -0.0157. The Labute approximate surface area is 136 Å². The maximum atomic E-state index is 12.8. The molecule has 0 radical (unpaired) electrons. The van der Waals surface area contributed by atoms with Gasteiger partial charge in [-0.05, 0) is 31.9 Å². The van der Waals surface area contributed by atoms with Gasteiger partial charge in [0.1, 0.15) is 5.69 Å². The van der Waals surface area contributed by atoms with E-state index in [-0.39, 0.29) is 18.1 Å². The van der Waals surface area contributed by atoms with Crippen molar-refractivity contribution in [2.24, 2.45) is 0 Å². The normalized spacial score (nSPS) is 27.7. The van der Waals surface area contributed by atoms with Gasteiger partial charge in [-0.2, -0.15) is 0 Å². The molecule has 7 nitrogen and oxygen atoms in total. The Bertz CT molecular complexity index is 706. The maximum absolute atomic E-state index is 12.8. The molecule has 8 heteroatoms. The van der Waals surface area contributed by atoms with Gasteiger partial charge in [0.15, 0.2) is 0 Å². The van der Waals surface area contributed by atoms with E-state index in [1.54, 1.807) is 17.0 Å². The van der Waals surface area contributed by atoms with E-state index in [2.05, 4.69) is 9.71 Å². The highest BCUT2D eigenvalue weighted by Crippen LogP contribution is 2.30. The Morgan fingerprint density at radius 1 is 1.43 bits per heavy atom. The van der Waals surface area contributed by atoms with Crippen LogP contribution in [0.4, 0.5) is 0 Å². The van der Waals surface area contributed by atoms with Crippen molar-refractivity contribution >= 4 is 15.9 Å². The van der Waals surface area contributed by atoms with Gasteiger partial charge in [-0.3, -0.25) is 4.79 Å². The van der Waals surface area contributed by atoms with E-state index in [0.717, 1.165) is 24.8 Å². The van der Waals surface area contributed by atoms with Gasteiger partial charge >= 0.3 is 0 Å². The second kappa shape index (κ2) is 6.18. The van der Waals surface area contributed by atoms with E-state index in [4.69, 9.17) is 4.74 Å². The van der Waals surface area contributed by atoms with Crippen LogP contribution in [0.2, 0.25) is 0 Å². The third-order valence-electron chi connectivity index (χ3n) is 4.26. The fraction of sp³-hybridized carbons (Fsp3) is 0.600. The minimum absolute atomic E-state index is 0.113. The highest BCUT2D eigenvalue weighted by molar-refractivity contribution is 7.88. The third-order valence-corrected chi connectivity index (χ3v) is 4.99. The summed E-state index contributed by atoms with van der Waals surface area (Å²) in [5.74, 6) is -0.174. The zero-order valence-corrected chi connectivity index (χ0v) is 14.0. The molecule has 3 rings (SSSR count). The number of carbonyl (C=O) groups is 1. The van der Waals surface area contributed by atoms with Crippen LogP contribution in [0.1, 0.15) is 29.0 Å². The number of amides is 1. The van der Waals surface area contributed by atoms with Crippen LogP contribution >= 0.6 is 0 Å². The van der Waals surface area contributed by atoms with Crippen LogP contribution in [0.5, 0.6) is 0 Å². The Kier molecular flexibility index (Phi) is 4.39. The van der Waals surface area contributed by atoms with Crippen molar-refractivity contribution in [3.63, 3.8) is 0 Å². The molecule has 2 aliphatic rings. The quantitative estimate of drug-likeness (QED) is 0.856. The minimum Gasteiger partial charge on any atom is -0.374 e. The fourth-order valence-electron chi connectivity index (χ4n) is 3.38. The average Bonchev–Trinajstić information content (AvgIpc) is 2.84. The Hall–Kier alpha value is -1.51. The number of sulfonamides is 1. The van der Waals surface area contributed by atoms with Gasteiger partial charge in [-0.15, -0.1) is 0 Å². The molecule has 2 saturated heterocycles. The number of hydrogen-bond acceptors (Lipinski definition) is 5. The number of aryl methyl sites for hydroxylation is 1. The molecule has 1 N–H and O–H groups in total. The maximum Gasteiger partial charge on any atom is 0.272 e. The van der Waals surface area contributed by atoms with Crippen molar-refractivity contribution in [2.45, 2.75) is 38.0 Å². The molecule has 2 fully saturated rings. The molecule has 3 atom stereocenters. The van der Waals surface area contributed by atoms with Crippen molar-refractivity contribution in [1.29, 1.82) is 0 Å². The summed E-state index contributed by atoms with van der Waals surface area (Å²) in [6.07, 6.45) is 2.49. The zero-order chi connectivity index (χ0) is 16.6. The summed E-state index contributed by atoms with van der Waals surface area (Å²) in [4.78, 5) is 18.8. The highest BCUT2D eigenvalue weighted by atomic mass is 32.2. The number of pyridine rings is 1. The highest BCUT2D eigenvalue weighted by Gasteiger charge is 2.47. The minimum atomic E-state index is -3.36. The number of fused-ring (bicyclic) bond motifs is 1. The Morgan fingerprint density at radius 2 is 2.22 bits per heavy atom. The summed E-state index contributed by atoms with van der Waals surface area (Å²) in [7, 11) is -3.36. The summed E-state index contributed by atoms with van der Waals surface area (Å²) in [5, 5.41) is 0. The lowest BCUT2D eigenvalue weighted by Crippen LogP contribution is -2.47. The van der Waals surface area contributed by atoms with Crippen LogP contribution < -0.4 is 4.72 Å². The average molecular weight is 339 g/mol.